The summed E-state index contributed by atoms with van der Waals surface area (Å²) in [5, 5.41) is 31.2. The summed E-state index contributed by atoms with van der Waals surface area (Å²) < 4.78 is 5.08. The standard InChI is InChI=1S/C11H13N5O5/c17-4-3-7(11(19)20)12-9(18)6-16-14-10(13-15-16)8-2-1-5-21-8/h1-2,5,7,17H,3-4,6H2,(H,12,18)(H,19,20)/t7-/m0/s1. The summed E-state index contributed by atoms with van der Waals surface area (Å²) in [6.45, 7) is -0.635. The summed E-state index contributed by atoms with van der Waals surface area (Å²) in [5.74, 6) is -1.19. The molecule has 0 fully saturated rings. The van der Waals surface area contributed by atoms with E-state index in [1.54, 1.807) is 12.1 Å². The van der Waals surface area contributed by atoms with Gasteiger partial charge in [-0.05, 0) is 17.3 Å². The topological polar surface area (TPSA) is 143 Å². The van der Waals surface area contributed by atoms with E-state index in [0.717, 1.165) is 4.80 Å². The number of aliphatic hydroxyl groups is 1. The van der Waals surface area contributed by atoms with Crippen LogP contribution in [-0.4, -0.2) is 54.9 Å². The molecule has 10 heteroatoms. The van der Waals surface area contributed by atoms with E-state index in [1.165, 1.54) is 6.26 Å². The van der Waals surface area contributed by atoms with Crippen molar-refractivity contribution in [2.45, 2.75) is 19.0 Å². The molecule has 0 radical (unpaired) electrons. The highest BCUT2D eigenvalue weighted by atomic mass is 16.4. The minimum Gasteiger partial charge on any atom is -0.480 e. The number of carbonyl (C=O) groups excluding carboxylic acids is 1. The van der Waals surface area contributed by atoms with Crippen molar-refractivity contribution in [1.29, 1.82) is 0 Å². The van der Waals surface area contributed by atoms with Gasteiger partial charge in [0.2, 0.25) is 11.7 Å². The van der Waals surface area contributed by atoms with Crippen molar-refractivity contribution in [3.05, 3.63) is 18.4 Å². The van der Waals surface area contributed by atoms with Crippen molar-refractivity contribution in [2.75, 3.05) is 6.61 Å². The van der Waals surface area contributed by atoms with E-state index >= 15 is 0 Å². The Kier molecular flexibility index (Phi) is 4.61. The molecule has 0 bridgehead atoms. The summed E-state index contributed by atoms with van der Waals surface area (Å²) >= 11 is 0. The normalized spacial score (nSPS) is 12.0. The van der Waals surface area contributed by atoms with Crippen LogP contribution in [0.25, 0.3) is 11.6 Å². The van der Waals surface area contributed by atoms with Gasteiger partial charge < -0.3 is 19.9 Å². The average Bonchev–Trinajstić information content (AvgIpc) is 3.08. The Balaban J connectivity index is 1.95. The lowest BCUT2D eigenvalue weighted by atomic mass is 10.2. The van der Waals surface area contributed by atoms with Crippen molar-refractivity contribution < 1.29 is 24.2 Å². The summed E-state index contributed by atoms with van der Waals surface area (Å²) in [6.07, 6.45) is 1.37. The Labute approximate surface area is 118 Å². The second-order valence-electron chi connectivity index (χ2n) is 4.09. The van der Waals surface area contributed by atoms with E-state index in [-0.39, 0.29) is 25.4 Å². The van der Waals surface area contributed by atoms with Gasteiger partial charge in [0.1, 0.15) is 12.6 Å². The van der Waals surface area contributed by atoms with Gasteiger partial charge in [0.05, 0.1) is 6.26 Å². The lowest BCUT2D eigenvalue weighted by Crippen LogP contribution is -2.43. The van der Waals surface area contributed by atoms with E-state index in [2.05, 4.69) is 20.7 Å². The highest BCUT2D eigenvalue weighted by Gasteiger charge is 2.20. The van der Waals surface area contributed by atoms with E-state index in [4.69, 9.17) is 14.6 Å². The van der Waals surface area contributed by atoms with E-state index in [1.807, 2.05) is 0 Å². The molecule has 0 aromatic carbocycles. The fraction of sp³-hybridized carbons (Fsp3) is 0.364. The van der Waals surface area contributed by atoms with Crippen LogP contribution in [-0.2, 0) is 16.1 Å². The van der Waals surface area contributed by atoms with Crippen LogP contribution in [0.4, 0.5) is 0 Å². The maximum absolute atomic E-state index is 11.7. The van der Waals surface area contributed by atoms with Crippen LogP contribution in [0.3, 0.4) is 0 Å². The third-order valence-corrected chi connectivity index (χ3v) is 2.53. The molecule has 0 saturated heterocycles. The maximum atomic E-state index is 11.7. The molecule has 2 rings (SSSR count). The SMILES string of the molecule is O=C(Cn1nnc(-c2ccco2)n1)N[C@@H](CCO)C(=O)O. The predicted molar refractivity (Wildman–Crippen MR) is 66.8 cm³/mol. The van der Waals surface area contributed by atoms with Gasteiger partial charge in [0, 0.05) is 13.0 Å². The molecule has 1 atom stereocenters. The van der Waals surface area contributed by atoms with Crippen molar-refractivity contribution in [3.63, 3.8) is 0 Å². The van der Waals surface area contributed by atoms with Crippen LogP contribution in [0.15, 0.2) is 22.8 Å². The molecule has 10 nitrogen and oxygen atoms in total. The first-order valence-corrected chi connectivity index (χ1v) is 6.05. The number of furan rings is 1. The molecule has 0 aliphatic rings. The van der Waals surface area contributed by atoms with Crippen LogP contribution in [0, 0.1) is 0 Å². The fourth-order valence-electron chi connectivity index (χ4n) is 1.57. The number of carboxylic acid groups (broad SMARTS) is 1. The second kappa shape index (κ2) is 6.61. The largest absolute Gasteiger partial charge is 0.480 e. The van der Waals surface area contributed by atoms with E-state index < -0.39 is 17.9 Å². The minimum atomic E-state index is -1.22. The Morgan fingerprint density at radius 1 is 1.48 bits per heavy atom. The number of nitrogens with one attached hydrogen (secondary N) is 1. The van der Waals surface area contributed by atoms with Gasteiger partial charge >= 0.3 is 5.97 Å². The molecule has 3 N–H and O–H groups in total. The monoisotopic (exact) mass is 295 g/mol. The summed E-state index contributed by atoms with van der Waals surface area (Å²) in [7, 11) is 0. The minimum absolute atomic E-state index is 0.0799. The number of carboxylic acids is 1. The summed E-state index contributed by atoms with van der Waals surface area (Å²) in [4.78, 5) is 23.6. The molecule has 112 valence electrons. The molecule has 21 heavy (non-hydrogen) atoms. The van der Waals surface area contributed by atoms with Crippen molar-refractivity contribution in [2.24, 2.45) is 0 Å². The van der Waals surface area contributed by atoms with Gasteiger partial charge in [0.25, 0.3) is 0 Å². The fourth-order valence-corrected chi connectivity index (χ4v) is 1.57. The van der Waals surface area contributed by atoms with Crippen molar-refractivity contribution in [3.8, 4) is 11.6 Å². The predicted octanol–water partition coefficient (Wildman–Crippen LogP) is -1.12. The second-order valence-corrected chi connectivity index (χ2v) is 4.09. The van der Waals surface area contributed by atoms with Gasteiger partial charge in [0.15, 0.2) is 5.76 Å². The maximum Gasteiger partial charge on any atom is 0.326 e. The number of carbonyl (C=O) groups is 2. The highest BCUT2D eigenvalue weighted by Crippen LogP contribution is 2.12. The molecule has 0 spiro atoms. The molecule has 0 saturated carbocycles. The van der Waals surface area contributed by atoms with Gasteiger partial charge in [-0.3, -0.25) is 4.79 Å². The third kappa shape index (κ3) is 3.86. The molecule has 2 aromatic heterocycles. The van der Waals surface area contributed by atoms with Crippen LogP contribution in [0.5, 0.6) is 0 Å². The molecular formula is C11H13N5O5. The van der Waals surface area contributed by atoms with Gasteiger partial charge in [-0.2, -0.15) is 4.80 Å². The zero-order valence-electron chi connectivity index (χ0n) is 10.8. The molecule has 0 unspecified atom stereocenters. The number of aliphatic carboxylic acids is 1. The van der Waals surface area contributed by atoms with Gasteiger partial charge in [-0.25, -0.2) is 4.79 Å². The number of rotatable bonds is 7. The lowest BCUT2D eigenvalue weighted by molar-refractivity contribution is -0.142. The van der Waals surface area contributed by atoms with Gasteiger partial charge in [-0.1, -0.05) is 0 Å². The average molecular weight is 295 g/mol. The van der Waals surface area contributed by atoms with Crippen LogP contribution in [0.1, 0.15) is 6.42 Å². The van der Waals surface area contributed by atoms with Gasteiger partial charge in [-0.15, -0.1) is 10.2 Å². The summed E-state index contributed by atoms with van der Waals surface area (Å²) in [6, 6.07) is 2.15. The number of amides is 1. The number of hydrogen-bond acceptors (Lipinski definition) is 7. The first-order chi connectivity index (χ1) is 10.1. The number of aliphatic hydroxyl groups excluding tert-OH is 1. The molecular weight excluding hydrogens is 282 g/mol. The first-order valence-electron chi connectivity index (χ1n) is 6.05. The number of nitrogens with zero attached hydrogens (tertiary/aromatic N) is 4. The Morgan fingerprint density at radius 2 is 2.29 bits per heavy atom. The quantitative estimate of drug-likeness (QED) is 0.583. The number of aromatic nitrogens is 4. The molecule has 0 aliphatic carbocycles. The number of tetrazole rings is 1. The van der Waals surface area contributed by atoms with Crippen LogP contribution >= 0.6 is 0 Å². The molecule has 2 heterocycles. The smallest absolute Gasteiger partial charge is 0.326 e. The molecule has 0 aliphatic heterocycles. The number of hydrogen-bond donors (Lipinski definition) is 3. The van der Waals surface area contributed by atoms with E-state index in [0.29, 0.717) is 5.76 Å². The van der Waals surface area contributed by atoms with Crippen molar-refractivity contribution in [1.82, 2.24) is 25.5 Å². The Morgan fingerprint density at radius 3 is 2.90 bits per heavy atom. The third-order valence-electron chi connectivity index (χ3n) is 2.53. The van der Waals surface area contributed by atoms with Crippen molar-refractivity contribution >= 4 is 11.9 Å². The lowest BCUT2D eigenvalue weighted by Gasteiger charge is -2.12. The zero-order chi connectivity index (χ0) is 15.2. The molecule has 1 amide bonds. The summed E-state index contributed by atoms with van der Waals surface area (Å²) in [5.41, 5.74) is 0. The van der Waals surface area contributed by atoms with E-state index in [9.17, 15) is 9.59 Å². The molecule has 2 aromatic rings. The van der Waals surface area contributed by atoms with Crippen LogP contribution < -0.4 is 5.32 Å². The van der Waals surface area contributed by atoms with Crippen LogP contribution in [0.2, 0.25) is 0 Å². The first kappa shape index (κ1) is 14.7. The Hall–Kier alpha value is -2.75. The highest BCUT2D eigenvalue weighted by molar-refractivity contribution is 5.83. The zero-order valence-corrected chi connectivity index (χ0v) is 10.8. The Bertz CT molecular complexity index is 608.